The number of ether oxygens (including phenoxy) is 1. The van der Waals surface area contributed by atoms with Crippen LogP contribution in [0.25, 0.3) is 11.3 Å². The topological polar surface area (TPSA) is 84.5 Å². The lowest BCUT2D eigenvalue weighted by atomic mass is 9.98. The molecule has 0 radical (unpaired) electrons. The molecule has 134 valence electrons. The van der Waals surface area contributed by atoms with Gasteiger partial charge in [-0.25, -0.2) is 0 Å². The molecule has 0 unspecified atom stereocenters. The Morgan fingerprint density at radius 1 is 1.08 bits per heavy atom. The van der Waals surface area contributed by atoms with Gasteiger partial charge in [-0.05, 0) is 51.5 Å². The largest absolute Gasteiger partial charge is 0.507 e. The zero-order valence-corrected chi connectivity index (χ0v) is 14.7. The van der Waals surface area contributed by atoms with Crippen LogP contribution in [0, 0.1) is 0 Å². The molecule has 6 nitrogen and oxygen atoms in total. The molecule has 3 heterocycles. The third-order valence-electron chi connectivity index (χ3n) is 4.70. The maximum Gasteiger partial charge on any atom is 0.149 e. The normalized spacial score (nSPS) is 17.3. The van der Waals surface area contributed by atoms with E-state index >= 15 is 0 Å². The van der Waals surface area contributed by atoms with E-state index in [0.29, 0.717) is 30.3 Å². The van der Waals surface area contributed by atoms with E-state index in [2.05, 4.69) is 22.1 Å². The molecule has 0 bridgehead atoms. The third-order valence-corrected chi connectivity index (χ3v) is 4.70. The minimum atomic E-state index is 0.185. The van der Waals surface area contributed by atoms with Gasteiger partial charge >= 0.3 is 0 Å². The fraction of sp³-hybridized carbons (Fsp3) is 0.474. The number of nitrogens with two attached hydrogens (primary N) is 1. The number of hydrogen-bond acceptors (Lipinski definition) is 6. The fourth-order valence-corrected chi connectivity index (χ4v) is 3.25. The summed E-state index contributed by atoms with van der Waals surface area (Å²) in [4.78, 5) is 2.39. The molecule has 2 aromatic rings. The summed E-state index contributed by atoms with van der Waals surface area (Å²) in [7, 11) is 2.19. The van der Waals surface area contributed by atoms with E-state index in [4.69, 9.17) is 10.5 Å². The number of benzene rings is 1. The van der Waals surface area contributed by atoms with Crippen LogP contribution in [0.15, 0.2) is 24.3 Å². The van der Waals surface area contributed by atoms with E-state index in [1.165, 1.54) is 32.4 Å². The van der Waals surface area contributed by atoms with Gasteiger partial charge in [-0.2, -0.15) is 0 Å². The Balaban J connectivity index is 0.000000219. The van der Waals surface area contributed by atoms with Gasteiger partial charge in [0.15, 0.2) is 0 Å². The van der Waals surface area contributed by atoms with Crippen molar-refractivity contribution < 1.29 is 9.84 Å². The number of phenolic OH excluding ortho intramolecular Hbond substituents is 1. The molecule has 0 spiro atoms. The van der Waals surface area contributed by atoms with Crippen molar-refractivity contribution in [1.29, 1.82) is 0 Å². The van der Waals surface area contributed by atoms with Crippen LogP contribution in [0.3, 0.4) is 0 Å². The number of piperidine rings is 1. The summed E-state index contributed by atoms with van der Waals surface area (Å²) in [6.07, 6.45) is 5.01. The average Bonchev–Trinajstić information content (AvgIpc) is 2.64. The van der Waals surface area contributed by atoms with Gasteiger partial charge in [-0.3, -0.25) is 0 Å². The molecular weight excluding hydrogens is 316 g/mol. The Morgan fingerprint density at radius 2 is 1.84 bits per heavy atom. The van der Waals surface area contributed by atoms with Crippen LogP contribution in [-0.2, 0) is 17.8 Å². The number of rotatable bonds is 1. The lowest BCUT2D eigenvalue weighted by Gasteiger charge is -2.20. The zero-order chi connectivity index (χ0) is 17.6. The zero-order valence-electron chi connectivity index (χ0n) is 14.7. The van der Waals surface area contributed by atoms with E-state index in [-0.39, 0.29) is 5.75 Å². The first-order valence-electron chi connectivity index (χ1n) is 8.85. The van der Waals surface area contributed by atoms with Crippen LogP contribution in [0.2, 0.25) is 0 Å². The second-order valence-corrected chi connectivity index (χ2v) is 6.57. The van der Waals surface area contributed by atoms with Crippen molar-refractivity contribution in [2.24, 2.45) is 0 Å². The Morgan fingerprint density at radius 3 is 2.52 bits per heavy atom. The number of likely N-dealkylation sites (tertiary alicyclic amines) is 1. The van der Waals surface area contributed by atoms with Crippen LogP contribution in [0.4, 0.5) is 5.82 Å². The van der Waals surface area contributed by atoms with Gasteiger partial charge in [0.1, 0.15) is 17.3 Å². The molecule has 0 amide bonds. The summed E-state index contributed by atoms with van der Waals surface area (Å²) in [5.41, 5.74) is 9.05. The van der Waals surface area contributed by atoms with Crippen molar-refractivity contribution in [3.8, 4) is 17.0 Å². The summed E-state index contributed by atoms with van der Waals surface area (Å²) in [5.74, 6) is 0.636. The molecule has 2 aliphatic rings. The number of nitrogens with zero attached hydrogens (tertiary/aromatic N) is 3. The maximum absolute atomic E-state index is 9.89. The van der Waals surface area contributed by atoms with E-state index in [1.54, 1.807) is 12.1 Å². The third kappa shape index (κ3) is 4.27. The summed E-state index contributed by atoms with van der Waals surface area (Å²) in [6, 6.07) is 7.06. The van der Waals surface area contributed by atoms with E-state index in [9.17, 15) is 5.11 Å². The molecule has 1 saturated heterocycles. The quantitative estimate of drug-likeness (QED) is 0.829. The van der Waals surface area contributed by atoms with Gasteiger partial charge in [0.25, 0.3) is 0 Å². The number of phenols is 1. The first kappa shape index (κ1) is 17.6. The molecule has 0 aliphatic carbocycles. The summed E-state index contributed by atoms with van der Waals surface area (Å²) in [6.45, 7) is 3.74. The predicted molar refractivity (Wildman–Crippen MR) is 98.3 cm³/mol. The Kier molecular flexibility index (Phi) is 5.83. The number of anilines is 1. The lowest BCUT2D eigenvalue weighted by Crippen LogP contribution is -2.24. The van der Waals surface area contributed by atoms with Crippen molar-refractivity contribution in [1.82, 2.24) is 15.1 Å². The molecule has 25 heavy (non-hydrogen) atoms. The molecule has 1 fully saturated rings. The minimum Gasteiger partial charge on any atom is -0.507 e. The lowest BCUT2D eigenvalue weighted by molar-refractivity contribution is 0.111. The smallest absolute Gasteiger partial charge is 0.149 e. The van der Waals surface area contributed by atoms with Gasteiger partial charge in [0.2, 0.25) is 0 Å². The highest BCUT2D eigenvalue weighted by molar-refractivity contribution is 5.71. The van der Waals surface area contributed by atoms with Gasteiger partial charge < -0.3 is 20.5 Å². The highest BCUT2D eigenvalue weighted by atomic mass is 16.5. The maximum atomic E-state index is 9.89. The van der Waals surface area contributed by atoms with Crippen LogP contribution in [0.1, 0.15) is 30.4 Å². The Hall–Kier alpha value is -2.18. The molecular formula is C19H26N4O2. The summed E-state index contributed by atoms with van der Waals surface area (Å²) < 4.78 is 5.45. The molecule has 4 rings (SSSR count). The van der Waals surface area contributed by atoms with Crippen LogP contribution < -0.4 is 5.73 Å². The van der Waals surface area contributed by atoms with Gasteiger partial charge in [0, 0.05) is 16.7 Å². The minimum absolute atomic E-state index is 0.185. The number of aromatic hydroxyl groups is 1. The van der Waals surface area contributed by atoms with Crippen LogP contribution >= 0.6 is 0 Å². The number of hydrogen-bond donors (Lipinski definition) is 2. The second kappa shape index (κ2) is 8.27. The monoisotopic (exact) mass is 342 g/mol. The predicted octanol–water partition coefficient (Wildman–Crippen LogP) is 2.61. The SMILES string of the molecule is CN1CCCCC1.Nc1nnc(-c2ccccc2O)c2c1CCOC2. The van der Waals surface area contributed by atoms with Crippen LogP contribution in [-0.4, -0.2) is 46.9 Å². The number of fused-ring (bicyclic) bond motifs is 1. The molecule has 1 aromatic carbocycles. The molecule has 2 aliphatic heterocycles. The van der Waals surface area contributed by atoms with Crippen LogP contribution in [0.5, 0.6) is 5.75 Å². The van der Waals surface area contributed by atoms with Crippen molar-refractivity contribution in [2.75, 3.05) is 32.5 Å². The molecule has 6 heteroatoms. The van der Waals surface area contributed by atoms with Crippen molar-refractivity contribution in [3.05, 3.63) is 35.4 Å². The van der Waals surface area contributed by atoms with Crippen molar-refractivity contribution in [2.45, 2.75) is 32.3 Å². The second-order valence-electron chi connectivity index (χ2n) is 6.57. The highest BCUT2D eigenvalue weighted by Gasteiger charge is 2.21. The first-order chi connectivity index (χ1) is 12.2. The van der Waals surface area contributed by atoms with Crippen molar-refractivity contribution >= 4 is 5.82 Å². The molecule has 0 atom stereocenters. The molecule has 3 N–H and O–H groups in total. The number of para-hydroxylation sites is 1. The molecule has 0 saturated carbocycles. The number of aromatic nitrogens is 2. The Labute approximate surface area is 148 Å². The van der Waals surface area contributed by atoms with E-state index < -0.39 is 0 Å². The summed E-state index contributed by atoms with van der Waals surface area (Å²) in [5, 5.41) is 18.0. The number of nitrogen functional groups attached to an aromatic ring is 1. The van der Waals surface area contributed by atoms with Crippen molar-refractivity contribution in [3.63, 3.8) is 0 Å². The fourth-order valence-electron chi connectivity index (χ4n) is 3.25. The van der Waals surface area contributed by atoms with Gasteiger partial charge in [0.05, 0.1) is 13.2 Å². The van der Waals surface area contributed by atoms with Gasteiger partial charge in [-0.15, -0.1) is 10.2 Å². The van der Waals surface area contributed by atoms with Gasteiger partial charge in [-0.1, -0.05) is 18.6 Å². The Bertz CT molecular complexity index is 715. The molecule has 1 aromatic heterocycles. The average molecular weight is 342 g/mol. The first-order valence-corrected chi connectivity index (χ1v) is 8.85. The standard InChI is InChI=1S/C13H13N3O2.C6H13N/c14-13-8-5-6-18-7-10(8)12(15-16-13)9-3-1-2-4-11(9)17;1-7-5-3-2-4-6-7/h1-4,17H,5-7H2,(H2,14,16);2-6H2,1H3. The van der Waals surface area contributed by atoms with E-state index in [0.717, 1.165) is 17.5 Å². The highest BCUT2D eigenvalue weighted by Crippen LogP contribution is 2.34. The summed E-state index contributed by atoms with van der Waals surface area (Å²) >= 11 is 0. The van der Waals surface area contributed by atoms with E-state index in [1.807, 2.05) is 12.1 Å².